The molecule has 1 rings (SSSR count). The quantitative estimate of drug-likeness (QED) is 0.458. The fraction of sp³-hybridized carbons (Fsp3) is 0.700. The lowest BCUT2D eigenvalue weighted by atomic mass is 10.4. The summed E-state index contributed by atoms with van der Waals surface area (Å²) in [6, 6.07) is 0.586. The summed E-state index contributed by atoms with van der Waals surface area (Å²) in [6.45, 7) is 7.15. The fourth-order valence-electron chi connectivity index (χ4n) is 1.32. The molecule has 0 spiro atoms. The van der Waals surface area contributed by atoms with Gasteiger partial charge in [0.15, 0.2) is 0 Å². The lowest BCUT2D eigenvalue weighted by Crippen LogP contribution is -2.33. The summed E-state index contributed by atoms with van der Waals surface area (Å²) in [6.07, 6.45) is 4.23. The first-order valence-electron chi connectivity index (χ1n) is 4.78. The van der Waals surface area contributed by atoms with E-state index in [1.54, 1.807) is 0 Å². The highest BCUT2D eigenvalue weighted by Gasteiger charge is 2.29. The number of hydrogen-bond acceptors (Lipinski definition) is 3. The second kappa shape index (κ2) is 5.02. The van der Waals surface area contributed by atoms with Crippen molar-refractivity contribution >= 4 is 5.97 Å². The molecule has 3 heteroatoms. The van der Waals surface area contributed by atoms with Crippen LogP contribution in [0.25, 0.3) is 0 Å². The van der Waals surface area contributed by atoms with Crippen molar-refractivity contribution in [3.05, 3.63) is 12.7 Å². The average Bonchev–Trinajstić information content (AvgIpc) is 2.86. The lowest BCUT2D eigenvalue weighted by molar-refractivity contribution is -0.144. The van der Waals surface area contributed by atoms with Gasteiger partial charge in [0.25, 0.3) is 0 Å². The third-order valence-corrected chi connectivity index (χ3v) is 2.06. The van der Waals surface area contributed by atoms with Crippen LogP contribution in [0.5, 0.6) is 0 Å². The predicted molar refractivity (Wildman–Crippen MR) is 51.4 cm³/mol. The van der Waals surface area contributed by atoms with E-state index in [4.69, 9.17) is 4.74 Å². The third kappa shape index (κ3) is 3.59. The van der Waals surface area contributed by atoms with Crippen LogP contribution in [-0.2, 0) is 9.53 Å². The largest absolute Gasteiger partial charge is 0.465 e. The predicted octanol–water partition coefficient (Wildman–Crippen LogP) is 1.20. The minimum atomic E-state index is -0.128. The second-order valence-electron chi connectivity index (χ2n) is 3.25. The van der Waals surface area contributed by atoms with Gasteiger partial charge >= 0.3 is 5.97 Å². The first kappa shape index (κ1) is 10.3. The number of ether oxygens (including phenoxy) is 1. The van der Waals surface area contributed by atoms with Gasteiger partial charge in [0.05, 0.1) is 13.2 Å². The SMILES string of the molecule is C=CCN(CC(=O)OCC)C1CC1. The standard InChI is InChI=1S/C10H17NO2/c1-3-7-11(9-5-6-9)8-10(12)13-4-2/h3,9H,1,4-8H2,2H3. The number of hydrogen-bond donors (Lipinski definition) is 0. The van der Waals surface area contributed by atoms with E-state index in [0.29, 0.717) is 19.2 Å². The van der Waals surface area contributed by atoms with E-state index < -0.39 is 0 Å². The Morgan fingerprint density at radius 2 is 2.38 bits per heavy atom. The van der Waals surface area contributed by atoms with Crippen molar-refractivity contribution in [1.29, 1.82) is 0 Å². The molecule has 1 aliphatic rings. The maximum atomic E-state index is 11.2. The van der Waals surface area contributed by atoms with Crippen LogP contribution in [0.4, 0.5) is 0 Å². The molecule has 0 bridgehead atoms. The molecule has 13 heavy (non-hydrogen) atoms. The third-order valence-electron chi connectivity index (χ3n) is 2.06. The summed E-state index contributed by atoms with van der Waals surface area (Å²) in [5.41, 5.74) is 0. The molecule has 74 valence electrons. The molecule has 0 saturated heterocycles. The minimum Gasteiger partial charge on any atom is -0.465 e. The molecule has 0 radical (unpaired) electrons. The van der Waals surface area contributed by atoms with Crippen LogP contribution in [-0.4, -0.2) is 36.6 Å². The Kier molecular flexibility index (Phi) is 3.96. The maximum absolute atomic E-state index is 11.2. The molecule has 0 aromatic rings. The Morgan fingerprint density at radius 1 is 1.69 bits per heavy atom. The molecule has 3 nitrogen and oxygen atoms in total. The molecular weight excluding hydrogens is 166 g/mol. The van der Waals surface area contributed by atoms with Crippen molar-refractivity contribution in [2.24, 2.45) is 0 Å². The van der Waals surface area contributed by atoms with Crippen LogP contribution in [0.3, 0.4) is 0 Å². The van der Waals surface area contributed by atoms with Gasteiger partial charge in [-0.2, -0.15) is 0 Å². The Bertz CT molecular complexity index is 187. The van der Waals surface area contributed by atoms with Crippen molar-refractivity contribution in [2.45, 2.75) is 25.8 Å². The topological polar surface area (TPSA) is 29.5 Å². The molecule has 0 aliphatic heterocycles. The lowest BCUT2D eigenvalue weighted by Gasteiger charge is -2.18. The number of rotatable bonds is 6. The van der Waals surface area contributed by atoms with Crippen LogP contribution >= 0.6 is 0 Å². The van der Waals surface area contributed by atoms with Gasteiger partial charge in [-0.05, 0) is 19.8 Å². The Morgan fingerprint density at radius 3 is 2.85 bits per heavy atom. The van der Waals surface area contributed by atoms with E-state index in [9.17, 15) is 4.79 Å². The van der Waals surface area contributed by atoms with Crippen LogP contribution in [0.15, 0.2) is 12.7 Å². The van der Waals surface area contributed by atoms with Crippen LogP contribution in [0.2, 0.25) is 0 Å². The van der Waals surface area contributed by atoms with Gasteiger partial charge in [0, 0.05) is 12.6 Å². The van der Waals surface area contributed by atoms with Crippen LogP contribution < -0.4 is 0 Å². The molecule has 0 amide bonds. The Labute approximate surface area is 79.4 Å². The summed E-state index contributed by atoms with van der Waals surface area (Å²) >= 11 is 0. The summed E-state index contributed by atoms with van der Waals surface area (Å²) in [7, 11) is 0. The van der Waals surface area contributed by atoms with Crippen LogP contribution in [0, 0.1) is 0 Å². The van der Waals surface area contributed by atoms with Gasteiger partial charge in [-0.15, -0.1) is 6.58 Å². The van der Waals surface area contributed by atoms with E-state index in [1.165, 1.54) is 12.8 Å². The monoisotopic (exact) mass is 183 g/mol. The van der Waals surface area contributed by atoms with E-state index in [0.717, 1.165) is 6.54 Å². The highest BCUT2D eigenvalue weighted by Crippen LogP contribution is 2.26. The first-order valence-corrected chi connectivity index (χ1v) is 4.78. The fourth-order valence-corrected chi connectivity index (χ4v) is 1.32. The number of carbonyl (C=O) groups excluding carboxylic acids is 1. The Hall–Kier alpha value is -0.830. The summed E-state index contributed by atoms with van der Waals surface area (Å²) in [4.78, 5) is 13.3. The summed E-state index contributed by atoms with van der Waals surface area (Å²) in [5, 5.41) is 0. The zero-order chi connectivity index (χ0) is 9.68. The highest BCUT2D eigenvalue weighted by molar-refractivity contribution is 5.71. The van der Waals surface area contributed by atoms with Crippen LogP contribution in [0.1, 0.15) is 19.8 Å². The second-order valence-corrected chi connectivity index (χ2v) is 3.25. The smallest absolute Gasteiger partial charge is 0.320 e. The summed E-state index contributed by atoms with van der Waals surface area (Å²) in [5.74, 6) is -0.128. The van der Waals surface area contributed by atoms with Gasteiger partial charge in [-0.3, -0.25) is 9.69 Å². The zero-order valence-corrected chi connectivity index (χ0v) is 8.16. The molecule has 1 fully saturated rings. The van der Waals surface area contributed by atoms with E-state index >= 15 is 0 Å². The van der Waals surface area contributed by atoms with Crippen molar-refractivity contribution in [2.75, 3.05) is 19.7 Å². The maximum Gasteiger partial charge on any atom is 0.320 e. The molecular formula is C10H17NO2. The Balaban J connectivity index is 2.28. The molecule has 0 aromatic heterocycles. The average molecular weight is 183 g/mol. The van der Waals surface area contributed by atoms with Gasteiger partial charge in [-0.1, -0.05) is 6.08 Å². The molecule has 0 aromatic carbocycles. The molecule has 1 aliphatic carbocycles. The van der Waals surface area contributed by atoms with Gasteiger partial charge in [0.1, 0.15) is 0 Å². The normalized spacial score (nSPS) is 15.8. The molecule has 0 atom stereocenters. The van der Waals surface area contributed by atoms with Crippen molar-refractivity contribution in [3.63, 3.8) is 0 Å². The van der Waals surface area contributed by atoms with Gasteiger partial charge in [-0.25, -0.2) is 0 Å². The molecule has 0 unspecified atom stereocenters. The van der Waals surface area contributed by atoms with E-state index in [2.05, 4.69) is 11.5 Å². The number of nitrogens with zero attached hydrogens (tertiary/aromatic N) is 1. The van der Waals surface area contributed by atoms with Gasteiger partial charge in [0.2, 0.25) is 0 Å². The zero-order valence-electron chi connectivity index (χ0n) is 8.16. The number of esters is 1. The molecule has 0 N–H and O–H groups in total. The minimum absolute atomic E-state index is 0.128. The van der Waals surface area contributed by atoms with Crippen molar-refractivity contribution < 1.29 is 9.53 Å². The first-order chi connectivity index (χ1) is 6.27. The molecule has 1 saturated carbocycles. The van der Waals surface area contributed by atoms with E-state index in [-0.39, 0.29) is 5.97 Å². The number of carbonyl (C=O) groups is 1. The van der Waals surface area contributed by atoms with Crippen molar-refractivity contribution in [3.8, 4) is 0 Å². The van der Waals surface area contributed by atoms with E-state index in [1.807, 2.05) is 13.0 Å². The van der Waals surface area contributed by atoms with Gasteiger partial charge < -0.3 is 4.74 Å². The summed E-state index contributed by atoms with van der Waals surface area (Å²) < 4.78 is 4.88. The van der Waals surface area contributed by atoms with Crippen molar-refractivity contribution in [1.82, 2.24) is 4.90 Å². The highest BCUT2D eigenvalue weighted by atomic mass is 16.5. The molecule has 0 heterocycles.